The summed E-state index contributed by atoms with van der Waals surface area (Å²) in [5, 5.41) is 0. The van der Waals surface area contributed by atoms with E-state index in [1.807, 2.05) is 0 Å². The van der Waals surface area contributed by atoms with Crippen LogP contribution in [0.2, 0.25) is 0 Å². The second-order valence-corrected chi connectivity index (χ2v) is 4.57. The van der Waals surface area contributed by atoms with Crippen molar-refractivity contribution >= 4 is 0 Å². The van der Waals surface area contributed by atoms with Gasteiger partial charge in [0.25, 0.3) is 0 Å². The Balaban J connectivity index is 2.01. The highest BCUT2D eigenvalue weighted by Gasteiger charge is 2.24. The predicted octanol–water partition coefficient (Wildman–Crippen LogP) is 4.85. The van der Waals surface area contributed by atoms with Gasteiger partial charge in [-0.1, -0.05) is 61.9 Å². The summed E-state index contributed by atoms with van der Waals surface area (Å²) in [6, 6.07) is 10.8. The van der Waals surface area contributed by atoms with Crippen molar-refractivity contribution in [3.05, 3.63) is 59.7 Å². The molecule has 0 radical (unpaired) electrons. The van der Waals surface area contributed by atoms with E-state index in [0.29, 0.717) is 5.92 Å². The highest BCUT2D eigenvalue weighted by atomic mass is 14.3. The van der Waals surface area contributed by atoms with Gasteiger partial charge in [0.15, 0.2) is 0 Å². The van der Waals surface area contributed by atoms with Crippen LogP contribution in [0.5, 0.6) is 0 Å². The first kappa shape index (κ1) is 11.2. The van der Waals surface area contributed by atoms with Crippen LogP contribution in [-0.2, 0) is 0 Å². The third-order valence-electron chi connectivity index (χ3n) is 3.39. The first-order valence-corrected chi connectivity index (χ1v) is 6.26. The minimum atomic E-state index is 0.616. The molecule has 2 rings (SSSR count). The Morgan fingerprint density at radius 1 is 1.31 bits per heavy atom. The maximum atomic E-state index is 4.22. The van der Waals surface area contributed by atoms with Crippen molar-refractivity contribution in [2.24, 2.45) is 0 Å². The summed E-state index contributed by atoms with van der Waals surface area (Å²) in [4.78, 5) is 0. The summed E-state index contributed by atoms with van der Waals surface area (Å²) in [6.45, 7) is 6.45. The molecule has 1 aromatic rings. The predicted molar refractivity (Wildman–Crippen MR) is 70.5 cm³/mol. The lowest BCUT2D eigenvalue weighted by atomic mass is 9.75. The number of rotatable bonds is 5. The highest BCUT2D eigenvalue weighted by molar-refractivity contribution is 5.46. The maximum absolute atomic E-state index is 4.22. The molecule has 1 aliphatic carbocycles. The average molecular weight is 212 g/mol. The lowest BCUT2D eigenvalue weighted by molar-refractivity contribution is 0.704. The summed E-state index contributed by atoms with van der Waals surface area (Å²) < 4.78 is 0. The van der Waals surface area contributed by atoms with E-state index in [9.17, 15) is 0 Å². The topological polar surface area (TPSA) is 0 Å². The molecule has 0 aromatic heterocycles. The van der Waals surface area contributed by atoms with E-state index in [4.69, 9.17) is 0 Å². The quantitative estimate of drug-likeness (QED) is 0.654. The van der Waals surface area contributed by atoms with Crippen molar-refractivity contribution in [3.63, 3.8) is 0 Å². The Morgan fingerprint density at radius 2 is 2.06 bits per heavy atom. The minimum Gasteiger partial charge on any atom is -0.0955 e. The molecule has 0 heterocycles. The van der Waals surface area contributed by atoms with Gasteiger partial charge in [-0.05, 0) is 30.4 Å². The van der Waals surface area contributed by atoms with E-state index < -0.39 is 0 Å². The van der Waals surface area contributed by atoms with Crippen molar-refractivity contribution < 1.29 is 0 Å². The fourth-order valence-electron chi connectivity index (χ4n) is 2.28. The van der Waals surface area contributed by atoms with Gasteiger partial charge in [-0.15, -0.1) is 0 Å². The Kier molecular flexibility index (Phi) is 3.61. The lowest BCUT2D eigenvalue weighted by Crippen LogP contribution is -2.12. The molecule has 0 saturated heterocycles. The number of hydrogen-bond acceptors (Lipinski definition) is 0. The first-order chi connectivity index (χ1) is 7.83. The molecule has 84 valence electrons. The molecule has 0 N–H and O–H groups in total. The third-order valence-corrected chi connectivity index (χ3v) is 3.39. The Bertz CT molecular complexity index is 384. The van der Waals surface area contributed by atoms with Crippen molar-refractivity contribution in [1.82, 2.24) is 0 Å². The summed E-state index contributed by atoms with van der Waals surface area (Å²) in [6.07, 6.45) is 7.20. The van der Waals surface area contributed by atoms with Crippen LogP contribution in [0, 0.1) is 0 Å². The SMILES string of the molecule is C=C(CCCC)C1=CCC1c1ccccc1. The van der Waals surface area contributed by atoms with Gasteiger partial charge in [0.1, 0.15) is 0 Å². The van der Waals surface area contributed by atoms with Crippen LogP contribution < -0.4 is 0 Å². The molecule has 1 atom stereocenters. The number of benzene rings is 1. The van der Waals surface area contributed by atoms with Gasteiger partial charge in [0.05, 0.1) is 0 Å². The van der Waals surface area contributed by atoms with E-state index in [1.54, 1.807) is 0 Å². The molecule has 1 aliphatic rings. The number of allylic oxidation sites excluding steroid dienone is 3. The molecule has 1 aromatic carbocycles. The Labute approximate surface area is 98.7 Å². The zero-order valence-electron chi connectivity index (χ0n) is 10.1. The van der Waals surface area contributed by atoms with Gasteiger partial charge in [-0.25, -0.2) is 0 Å². The van der Waals surface area contributed by atoms with E-state index in [-0.39, 0.29) is 0 Å². The fourth-order valence-corrected chi connectivity index (χ4v) is 2.28. The van der Waals surface area contributed by atoms with Crippen LogP contribution in [-0.4, -0.2) is 0 Å². The molecule has 0 fully saturated rings. The minimum absolute atomic E-state index is 0.616. The van der Waals surface area contributed by atoms with Crippen LogP contribution in [0.25, 0.3) is 0 Å². The van der Waals surface area contributed by atoms with Gasteiger partial charge in [0.2, 0.25) is 0 Å². The van der Waals surface area contributed by atoms with Crippen LogP contribution in [0.3, 0.4) is 0 Å². The zero-order chi connectivity index (χ0) is 11.4. The van der Waals surface area contributed by atoms with Crippen molar-refractivity contribution in [2.45, 2.75) is 38.5 Å². The molecular weight excluding hydrogens is 192 g/mol. The molecule has 0 bridgehead atoms. The second-order valence-electron chi connectivity index (χ2n) is 4.57. The Morgan fingerprint density at radius 3 is 2.62 bits per heavy atom. The summed E-state index contributed by atoms with van der Waals surface area (Å²) in [5.74, 6) is 0.616. The van der Waals surface area contributed by atoms with Gasteiger partial charge in [-0.3, -0.25) is 0 Å². The first-order valence-electron chi connectivity index (χ1n) is 6.26. The normalized spacial score (nSPS) is 18.8. The van der Waals surface area contributed by atoms with Crippen molar-refractivity contribution in [1.29, 1.82) is 0 Å². The van der Waals surface area contributed by atoms with E-state index in [0.717, 1.165) is 6.42 Å². The van der Waals surface area contributed by atoms with E-state index in [2.05, 4.69) is 49.9 Å². The van der Waals surface area contributed by atoms with Gasteiger partial charge in [0, 0.05) is 5.92 Å². The smallest absolute Gasteiger partial charge is 0.0123 e. The molecule has 1 unspecified atom stereocenters. The van der Waals surface area contributed by atoms with Crippen molar-refractivity contribution in [3.8, 4) is 0 Å². The van der Waals surface area contributed by atoms with E-state index in [1.165, 1.54) is 36.0 Å². The average Bonchev–Trinajstić information content (AvgIpc) is 2.26. The summed E-state index contributed by atoms with van der Waals surface area (Å²) in [5.41, 5.74) is 4.28. The number of hydrogen-bond donors (Lipinski definition) is 0. The van der Waals surface area contributed by atoms with Crippen molar-refractivity contribution in [2.75, 3.05) is 0 Å². The second kappa shape index (κ2) is 5.16. The molecule has 16 heavy (non-hydrogen) atoms. The molecule has 0 saturated carbocycles. The Hall–Kier alpha value is -1.30. The maximum Gasteiger partial charge on any atom is 0.0123 e. The third kappa shape index (κ3) is 2.27. The molecule has 0 nitrogen and oxygen atoms in total. The number of unbranched alkanes of at least 4 members (excludes halogenated alkanes) is 1. The fraction of sp³-hybridized carbons (Fsp3) is 0.375. The van der Waals surface area contributed by atoms with Crippen LogP contribution in [0.15, 0.2) is 54.1 Å². The molecule has 0 amide bonds. The molecular formula is C16H20. The van der Waals surface area contributed by atoms with E-state index >= 15 is 0 Å². The van der Waals surface area contributed by atoms with Gasteiger partial charge in [-0.2, -0.15) is 0 Å². The van der Waals surface area contributed by atoms with Gasteiger partial charge >= 0.3 is 0 Å². The van der Waals surface area contributed by atoms with Crippen LogP contribution >= 0.6 is 0 Å². The standard InChI is InChI=1S/C16H20/c1-3-4-8-13(2)15-11-12-16(15)14-9-6-5-7-10-14/h5-7,9-11,16H,2-4,8,12H2,1H3. The molecule has 0 aliphatic heterocycles. The molecule has 0 heteroatoms. The summed E-state index contributed by atoms with van der Waals surface area (Å²) in [7, 11) is 0. The monoisotopic (exact) mass is 212 g/mol. The lowest BCUT2D eigenvalue weighted by Gasteiger charge is -2.29. The van der Waals surface area contributed by atoms with Crippen LogP contribution in [0.4, 0.5) is 0 Å². The van der Waals surface area contributed by atoms with Gasteiger partial charge < -0.3 is 0 Å². The summed E-state index contributed by atoms with van der Waals surface area (Å²) >= 11 is 0. The zero-order valence-corrected chi connectivity index (χ0v) is 10.1. The van der Waals surface area contributed by atoms with Crippen LogP contribution in [0.1, 0.15) is 44.1 Å². The highest BCUT2D eigenvalue weighted by Crippen LogP contribution is 2.41. The largest absolute Gasteiger partial charge is 0.0955 e. The molecule has 0 spiro atoms.